The molecule has 0 aliphatic rings. The minimum absolute atomic E-state index is 0.0170. The highest BCUT2D eigenvalue weighted by atomic mass is 35.5. The molecule has 1 aromatic carbocycles. The largest absolute Gasteiger partial charge is 0.322 e. The van der Waals surface area contributed by atoms with E-state index in [0.717, 1.165) is 0 Å². The fraction of sp³-hybridized carbons (Fsp3) is 0.0909. The Balaban J connectivity index is 3.10. The Labute approximate surface area is 114 Å². The van der Waals surface area contributed by atoms with Gasteiger partial charge in [0.05, 0.1) is 10.0 Å². The summed E-state index contributed by atoms with van der Waals surface area (Å²) in [6.07, 6.45) is 1.44. The number of nitrogens with one attached hydrogen (secondary N) is 2. The molecule has 0 aliphatic heterocycles. The smallest absolute Gasteiger partial charge is 0.281 e. The lowest BCUT2D eigenvalue weighted by Gasteiger charge is -2.06. The van der Waals surface area contributed by atoms with Crippen LogP contribution in [-0.4, -0.2) is 11.8 Å². The van der Waals surface area contributed by atoms with Gasteiger partial charge in [-0.15, -0.1) is 0 Å². The first-order chi connectivity index (χ1) is 8.43. The van der Waals surface area contributed by atoms with Crippen molar-refractivity contribution in [3.05, 3.63) is 39.5 Å². The SMILES string of the molecule is CC(=O)N/C(=C\c1ccc(Cl)c(Cl)c1)C(=O)NN. The molecule has 0 aliphatic carbocycles. The molecule has 0 atom stereocenters. The number of carbonyl (C=O) groups excluding carboxylic acids is 2. The van der Waals surface area contributed by atoms with Gasteiger partial charge in [-0.2, -0.15) is 0 Å². The molecule has 96 valence electrons. The van der Waals surface area contributed by atoms with Crippen LogP contribution in [-0.2, 0) is 9.59 Å². The van der Waals surface area contributed by atoms with E-state index in [1.54, 1.807) is 18.2 Å². The van der Waals surface area contributed by atoms with Gasteiger partial charge in [-0.05, 0) is 23.8 Å². The summed E-state index contributed by atoms with van der Waals surface area (Å²) in [7, 11) is 0. The van der Waals surface area contributed by atoms with E-state index in [-0.39, 0.29) is 11.6 Å². The maximum absolute atomic E-state index is 11.4. The zero-order valence-corrected chi connectivity index (χ0v) is 11.0. The molecule has 0 saturated carbocycles. The van der Waals surface area contributed by atoms with Crippen molar-refractivity contribution in [2.75, 3.05) is 0 Å². The number of amides is 2. The first-order valence-electron chi connectivity index (χ1n) is 4.89. The van der Waals surface area contributed by atoms with Crippen LogP contribution in [0.3, 0.4) is 0 Å². The number of nitrogens with two attached hydrogens (primary N) is 1. The Morgan fingerprint density at radius 2 is 1.94 bits per heavy atom. The number of halogens is 2. The van der Waals surface area contributed by atoms with Gasteiger partial charge >= 0.3 is 0 Å². The lowest BCUT2D eigenvalue weighted by Crippen LogP contribution is -2.37. The summed E-state index contributed by atoms with van der Waals surface area (Å²) >= 11 is 11.6. The fourth-order valence-corrected chi connectivity index (χ4v) is 1.50. The third-order valence-corrected chi connectivity index (χ3v) is 2.68. The molecule has 0 radical (unpaired) electrons. The molecule has 0 aromatic heterocycles. The predicted molar refractivity (Wildman–Crippen MR) is 70.6 cm³/mol. The van der Waals surface area contributed by atoms with Crippen LogP contribution >= 0.6 is 23.2 Å². The van der Waals surface area contributed by atoms with Crippen LogP contribution in [0.2, 0.25) is 10.0 Å². The highest BCUT2D eigenvalue weighted by Crippen LogP contribution is 2.23. The fourth-order valence-electron chi connectivity index (χ4n) is 1.19. The van der Waals surface area contributed by atoms with Crippen LogP contribution < -0.4 is 16.6 Å². The van der Waals surface area contributed by atoms with E-state index < -0.39 is 5.91 Å². The van der Waals surface area contributed by atoms with Crippen LogP contribution in [0.1, 0.15) is 12.5 Å². The average Bonchev–Trinajstić information content (AvgIpc) is 2.31. The molecule has 7 heteroatoms. The summed E-state index contributed by atoms with van der Waals surface area (Å²) in [5, 5.41) is 3.12. The quantitative estimate of drug-likeness (QED) is 0.341. The highest BCUT2D eigenvalue weighted by Gasteiger charge is 2.09. The molecule has 1 rings (SSSR count). The Morgan fingerprint density at radius 1 is 1.28 bits per heavy atom. The Bertz CT molecular complexity index is 515. The van der Waals surface area contributed by atoms with Crippen molar-refractivity contribution in [1.29, 1.82) is 0 Å². The molecule has 0 bridgehead atoms. The molecule has 0 heterocycles. The molecule has 0 fully saturated rings. The van der Waals surface area contributed by atoms with Gasteiger partial charge in [0.25, 0.3) is 5.91 Å². The highest BCUT2D eigenvalue weighted by molar-refractivity contribution is 6.42. The van der Waals surface area contributed by atoms with Crippen LogP contribution in [0.4, 0.5) is 0 Å². The number of benzene rings is 1. The second-order valence-corrected chi connectivity index (χ2v) is 4.20. The summed E-state index contributed by atoms with van der Waals surface area (Å²) in [5.41, 5.74) is 2.56. The van der Waals surface area contributed by atoms with Crippen molar-refractivity contribution in [3.8, 4) is 0 Å². The lowest BCUT2D eigenvalue weighted by molar-refractivity contribution is -0.122. The molecule has 0 unspecified atom stereocenters. The van der Waals surface area contributed by atoms with E-state index in [1.807, 2.05) is 5.43 Å². The monoisotopic (exact) mass is 287 g/mol. The number of hydrogen-bond acceptors (Lipinski definition) is 3. The van der Waals surface area contributed by atoms with E-state index in [4.69, 9.17) is 29.0 Å². The second-order valence-electron chi connectivity index (χ2n) is 3.39. The van der Waals surface area contributed by atoms with Crippen LogP contribution in [0.15, 0.2) is 23.9 Å². The number of rotatable bonds is 3. The molecule has 2 amide bonds. The lowest BCUT2D eigenvalue weighted by atomic mass is 10.2. The van der Waals surface area contributed by atoms with Crippen molar-refractivity contribution in [3.63, 3.8) is 0 Å². The standard InChI is InChI=1S/C11H11Cl2N3O2/c1-6(17)15-10(11(18)16-14)5-7-2-3-8(12)9(13)4-7/h2-5H,14H2,1H3,(H,15,17)(H,16,18)/b10-5-. The van der Waals surface area contributed by atoms with E-state index in [0.29, 0.717) is 15.6 Å². The van der Waals surface area contributed by atoms with Gasteiger partial charge in [-0.25, -0.2) is 5.84 Å². The second kappa shape index (κ2) is 6.39. The minimum Gasteiger partial charge on any atom is -0.322 e. The van der Waals surface area contributed by atoms with Crippen molar-refractivity contribution < 1.29 is 9.59 Å². The van der Waals surface area contributed by atoms with Crippen molar-refractivity contribution in [1.82, 2.24) is 10.7 Å². The zero-order valence-electron chi connectivity index (χ0n) is 9.46. The summed E-state index contributed by atoms with van der Waals surface area (Å²) in [4.78, 5) is 22.4. The van der Waals surface area contributed by atoms with E-state index >= 15 is 0 Å². The third-order valence-electron chi connectivity index (χ3n) is 1.94. The molecule has 5 nitrogen and oxygen atoms in total. The van der Waals surface area contributed by atoms with Gasteiger partial charge < -0.3 is 5.32 Å². The van der Waals surface area contributed by atoms with Crippen LogP contribution in [0, 0.1) is 0 Å². The summed E-state index contributed by atoms with van der Waals surface area (Å²) < 4.78 is 0. The Kier molecular flexibility index (Phi) is 5.15. The molecule has 0 saturated heterocycles. The van der Waals surface area contributed by atoms with Gasteiger partial charge in [-0.3, -0.25) is 15.0 Å². The van der Waals surface area contributed by atoms with Gasteiger partial charge in [0.2, 0.25) is 5.91 Å². The first-order valence-corrected chi connectivity index (χ1v) is 5.65. The Hall–Kier alpha value is -1.56. The molecule has 1 aromatic rings. The summed E-state index contributed by atoms with van der Waals surface area (Å²) in [6, 6.07) is 4.80. The van der Waals surface area contributed by atoms with Crippen LogP contribution in [0.5, 0.6) is 0 Å². The van der Waals surface area contributed by atoms with E-state index in [2.05, 4.69) is 5.32 Å². The summed E-state index contributed by atoms with van der Waals surface area (Å²) in [6.45, 7) is 1.28. The average molecular weight is 288 g/mol. The van der Waals surface area contributed by atoms with Crippen LogP contribution in [0.25, 0.3) is 6.08 Å². The number of hydrazine groups is 1. The Morgan fingerprint density at radius 3 is 2.44 bits per heavy atom. The van der Waals surface area contributed by atoms with Gasteiger partial charge in [0.15, 0.2) is 0 Å². The molecule has 4 N–H and O–H groups in total. The molecule has 0 spiro atoms. The summed E-state index contributed by atoms with van der Waals surface area (Å²) in [5.74, 6) is 4.02. The molecular weight excluding hydrogens is 277 g/mol. The third kappa shape index (κ3) is 4.03. The van der Waals surface area contributed by atoms with Crippen molar-refractivity contribution >= 4 is 41.1 Å². The predicted octanol–water partition coefficient (Wildman–Crippen LogP) is 1.46. The number of hydrogen-bond donors (Lipinski definition) is 3. The number of carbonyl (C=O) groups is 2. The van der Waals surface area contributed by atoms with E-state index in [1.165, 1.54) is 13.0 Å². The molecular formula is C11H11Cl2N3O2. The maximum atomic E-state index is 11.4. The maximum Gasteiger partial charge on any atom is 0.281 e. The topological polar surface area (TPSA) is 84.2 Å². The van der Waals surface area contributed by atoms with Gasteiger partial charge in [0.1, 0.15) is 5.70 Å². The molecule has 18 heavy (non-hydrogen) atoms. The normalized spacial score (nSPS) is 11.0. The first kappa shape index (κ1) is 14.5. The van der Waals surface area contributed by atoms with Crippen molar-refractivity contribution in [2.45, 2.75) is 6.92 Å². The zero-order chi connectivity index (χ0) is 13.7. The van der Waals surface area contributed by atoms with Crippen molar-refractivity contribution in [2.24, 2.45) is 5.84 Å². The van der Waals surface area contributed by atoms with E-state index in [9.17, 15) is 9.59 Å². The van der Waals surface area contributed by atoms with Gasteiger partial charge in [0, 0.05) is 6.92 Å². The van der Waals surface area contributed by atoms with Gasteiger partial charge in [-0.1, -0.05) is 29.3 Å². The minimum atomic E-state index is -0.615.